The smallest absolute Gasteiger partial charge is 0.281 e. The predicted octanol–water partition coefficient (Wildman–Crippen LogP) is 1.45. The molecule has 5 nitrogen and oxygen atoms in total. The van der Waals surface area contributed by atoms with Gasteiger partial charge in [-0.25, -0.2) is 5.84 Å². The molecule has 2 rings (SSSR count). The van der Waals surface area contributed by atoms with E-state index in [-0.39, 0.29) is 11.6 Å². The number of nitrogens with two attached hydrogens (primary N) is 1. The van der Waals surface area contributed by atoms with Crippen LogP contribution in [0.2, 0.25) is 0 Å². The molecule has 0 aliphatic heterocycles. The van der Waals surface area contributed by atoms with Gasteiger partial charge in [-0.1, -0.05) is 48.5 Å². The molecule has 5 heteroatoms. The zero-order valence-electron chi connectivity index (χ0n) is 11.2. The molecule has 0 spiro atoms. The maximum Gasteiger partial charge on any atom is 0.281 e. The van der Waals surface area contributed by atoms with Gasteiger partial charge >= 0.3 is 0 Å². The lowest BCUT2D eigenvalue weighted by Crippen LogP contribution is -2.38. The van der Waals surface area contributed by atoms with Crippen LogP contribution < -0.4 is 16.6 Å². The molecular formula is C16H15N3O2. The van der Waals surface area contributed by atoms with Crippen LogP contribution in [0, 0.1) is 0 Å². The summed E-state index contributed by atoms with van der Waals surface area (Å²) in [7, 11) is 0. The van der Waals surface area contributed by atoms with Crippen molar-refractivity contribution in [2.75, 3.05) is 0 Å². The number of benzene rings is 2. The first-order valence-corrected chi connectivity index (χ1v) is 6.35. The second-order valence-electron chi connectivity index (χ2n) is 4.26. The van der Waals surface area contributed by atoms with E-state index in [1.807, 2.05) is 41.8 Å². The van der Waals surface area contributed by atoms with Gasteiger partial charge in [-0.05, 0) is 23.8 Å². The van der Waals surface area contributed by atoms with Crippen LogP contribution in [-0.4, -0.2) is 11.8 Å². The Labute approximate surface area is 122 Å². The molecule has 0 atom stereocenters. The standard InChI is InChI=1S/C16H15N3O2/c17-19-16(21)14(11-12-7-3-1-4-8-12)18-15(20)13-9-5-2-6-10-13/h1-11H,17H2,(H,18,20)(H,19,21)/b14-11+. The van der Waals surface area contributed by atoms with Crippen LogP contribution in [0.5, 0.6) is 0 Å². The summed E-state index contributed by atoms with van der Waals surface area (Å²) in [6.07, 6.45) is 1.56. The minimum atomic E-state index is -0.567. The fourth-order valence-corrected chi connectivity index (χ4v) is 1.74. The first kappa shape index (κ1) is 14.5. The lowest BCUT2D eigenvalue weighted by molar-refractivity contribution is -0.117. The topological polar surface area (TPSA) is 84.2 Å². The van der Waals surface area contributed by atoms with E-state index in [4.69, 9.17) is 5.84 Å². The van der Waals surface area contributed by atoms with E-state index in [2.05, 4.69) is 5.32 Å². The van der Waals surface area contributed by atoms with Gasteiger partial charge in [0.25, 0.3) is 11.8 Å². The quantitative estimate of drug-likeness (QED) is 0.343. The summed E-state index contributed by atoms with van der Waals surface area (Å²) < 4.78 is 0. The summed E-state index contributed by atoms with van der Waals surface area (Å²) >= 11 is 0. The Morgan fingerprint density at radius 3 is 2.05 bits per heavy atom. The Hall–Kier alpha value is -2.92. The molecule has 2 aromatic carbocycles. The largest absolute Gasteiger partial charge is 0.317 e. The summed E-state index contributed by atoms with van der Waals surface area (Å²) in [4.78, 5) is 23.9. The van der Waals surface area contributed by atoms with Crippen LogP contribution >= 0.6 is 0 Å². The molecule has 21 heavy (non-hydrogen) atoms. The molecule has 0 aliphatic rings. The molecule has 4 N–H and O–H groups in total. The Bertz CT molecular complexity index is 652. The van der Waals surface area contributed by atoms with E-state index in [9.17, 15) is 9.59 Å². The molecule has 2 aromatic rings. The minimum absolute atomic E-state index is 0.0811. The Kier molecular flexibility index (Phi) is 4.84. The van der Waals surface area contributed by atoms with E-state index in [0.29, 0.717) is 5.56 Å². The van der Waals surface area contributed by atoms with Crippen LogP contribution in [0.15, 0.2) is 66.4 Å². The van der Waals surface area contributed by atoms with Crippen LogP contribution in [0.25, 0.3) is 6.08 Å². The fraction of sp³-hybridized carbons (Fsp3) is 0. The molecule has 0 aliphatic carbocycles. The summed E-state index contributed by atoms with van der Waals surface area (Å²) in [6.45, 7) is 0. The Morgan fingerprint density at radius 2 is 1.48 bits per heavy atom. The maximum absolute atomic E-state index is 12.1. The van der Waals surface area contributed by atoms with Gasteiger partial charge in [-0.15, -0.1) is 0 Å². The van der Waals surface area contributed by atoms with E-state index in [1.165, 1.54) is 0 Å². The van der Waals surface area contributed by atoms with E-state index in [0.717, 1.165) is 5.56 Å². The molecule has 2 amide bonds. The van der Waals surface area contributed by atoms with Gasteiger partial charge in [0.1, 0.15) is 5.70 Å². The second kappa shape index (κ2) is 7.02. The summed E-state index contributed by atoms with van der Waals surface area (Å²) in [6, 6.07) is 17.8. The van der Waals surface area contributed by atoms with E-state index < -0.39 is 5.91 Å². The van der Waals surface area contributed by atoms with Crippen LogP contribution in [0.4, 0.5) is 0 Å². The normalized spacial score (nSPS) is 10.8. The average molecular weight is 281 g/mol. The number of hydrazine groups is 1. The van der Waals surface area contributed by atoms with Gasteiger partial charge in [0, 0.05) is 5.56 Å². The Morgan fingerprint density at radius 1 is 0.905 bits per heavy atom. The lowest BCUT2D eigenvalue weighted by Gasteiger charge is -2.08. The molecule has 0 heterocycles. The van der Waals surface area contributed by atoms with Gasteiger partial charge in [-0.3, -0.25) is 15.0 Å². The van der Waals surface area contributed by atoms with Crippen molar-refractivity contribution in [2.24, 2.45) is 5.84 Å². The van der Waals surface area contributed by atoms with E-state index >= 15 is 0 Å². The third-order valence-electron chi connectivity index (χ3n) is 2.77. The number of amides is 2. The third-order valence-corrected chi connectivity index (χ3v) is 2.77. The van der Waals surface area contributed by atoms with Crippen molar-refractivity contribution in [1.29, 1.82) is 0 Å². The molecule has 0 saturated heterocycles. The van der Waals surface area contributed by atoms with Gasteiger partial charge < -0.3 is 5.32 Å². The van der Waals surface area contributed by atoms with Crippen molar-refractivity contribution in [3.8, 4) is 0 Å². The summed E-state index contributed by atoms with van der Waals surface area (Å²) in [5.74, 6) is 4.21. The van der Waals surface area contributed by atoms with Crippen LogP contribution in [0.3, 0.4) is 0 Å². The summed E-state index contributed by atoms with van der Waals surface area (Å²) in [5.41, 5.74) is 3.34. The van der Waals surface area contributed by atoms with E-state index in [1.54, 1.807) is 30.3 Å². The minimum Gasteiger partial charge on any atom is -0.317 e. The number of nitrogens with one attached hydrogen (secondary N) is 2. The molecular weight excluding hydrogens is 266 g/mol. The van der Waals surface area contributed by atoms with Gasteiger partial charge in [-0.2, -0.15) is 0 Å². The van der Waals surface area contributed by atoms with Gasteiger partial charge in [0.05, 0.1) is 0 Å². The van der Waals surface area contributed by atoms with Crippen LogP contribution in [0.1, 0.15) is 15.9 Å². The highest BCUT2D eigenvalue weighted by atomic mass is 16.2. The first-order chi connectivity index (χ1) is 10.2. The molecule has 106 valence electrons. The second-order valence-corrected chi connectivity index (χ2v) is 4.26. The monoisotopic (exact) mass is 281 g/mol. The van der Waals surface area contributed by atoms with Crippen molar-refractivity contribution >= 4 is 17.9 Å². The Balaban J connectivity index is 2.24. The molecule has 0 unspecified atom stereocenters. The van der Waals surface area contributed by atoms with Crippen molar-refractivity contribution in [3.63, 3.8) is 0 Å². The van der Waals surface area contributed by atoms with Crippen molar-refractivity contribution in [3.05, 3.63) is 77.5 Å². The third kappa shape index (κ3) is 4.02. The zero-order chi connectivity index (χ0) is 15.1. The molecule has 0 aromatic heterocycles. The van der Waals surface area contributed by atoms with Gasteiger partial charge in [0.2, 0.25) is 0 Å². The number of hydrogen-bond acceptors (Lipinski definition) is 3. The molecule has 0 saturated carbocycles. The highest BCUT2D eigenvalue weighted by Crippen LogP contribution is 2.06. The van der Waals surface area contributed by atoms with Crippen LogP contribution in [-0.2, 0) is 4.79 Å². The number of carbonyl (C=O) groups is 2. The van der Waals surface area contributed by atoms with Gasteiger partial charge in [0.15, 0.2) is 0 Å². The van der Waals surface area contributed by atoms with Crippen molar-refractivity contribution < 1.29 is 9.59 Å². The number of rotatable bonds is 4. The molecule has 0 fully saturated rings. The average Bonchev–Trinajstić information content (AvgIpc) is 2.55. The zero-order valence-corrected chi connectivity index (χ0v) is 11.2. The first-order valence-electron chi connectivity index (χ1n) is 6.35. The fourth-order valence-electron chi connectivity index (χ4n) is 1.74. The predicted molar refractivity (Wildman–Crippen MR) is 80.7 cm³/mol. The summed E-state index contributed by atoms with van der Waals surface area (Å²) in [5, 5.41) is 2.56. The number of hydrogen-bond donors (Lipinski definition) is 3. The molecule has 0 radical (unpaired) electrons. The maximum atomic E-state index is 12.1. The van der Waals surface area contributed by atoms with Crippen molar-refractivity contribution in [1.82, 2.24) is 10.7 Å². The SMILES string of the molecule is NNC(=O)/C(=C\c1ccccc1)NC(=O)c1ccccc1. The highest BCUT2D eigenvalue weighted by Gasteiger charge is 2.13. The van der Waals surface area contributed by atoms with Crippen molar-refractivity contribution in [2.45, 2.75) is 0 Å². The number of carbonyl (C=O) groups excluding carboxylic acids is 2. The molecule has 0 bridgehead atoms. The lowest BCUT2D eigenvalue weighted by atomic mass is 10.1. The highest BCUT2D eigenvalue weighted by molar-refractivity contribution is 6.05.